The quantitative estimate of drug-likeness (QED) is 0.476. The minimum Gasteiger partial charge on any atom is -0.491 e. The summed E-state index contributed by atoms with van der Waals surface area (Å²) < 4.78 is 48.4. The predicted octanol–water partition coefficient (Wildman–Crippen LogP) is 2.11. The fourth-order valence-electron chi connectivity index (χ4n) is 3.26. The van der Waals surface area contributed by atoms with E-state index in [9.17, 15) is 32.6 Å². The van der Waals surface area contributed by atoms with E-state index in [2.05, 4.69) is 9.46 Å². The van der Waals surface area contributed by atoms with Gasteiger partial charge in [0.2, 0.25) is 0 Å². The van der Waals surface area contributed by atoms with Gasteiger partial charge in [0.05, 0.1) is 24.0 Å². The van der Waals surface area contributed by atoms with Crippen molar-refractivity contribution in [2.24, 2.45) is 0 Å². The molecule has 1 saturated carbocycles. The molecule has 12 heteroatoms. The van der Waals surface area contributed by atoms with Gasteiger partial charge in [0.25, 0.3) is 21.8 Å². The number of benzene rings is 2. The summed E-state index contributed by atoms with van der Waals surface area (Å²) in [7, 11) is -3.36. The second kappa shape index (κ2) is 7.71. The summed E-state index contributed by atoms with van der Waals surface area (Å²) in [6.07, 6.45) is 1.37. The molecule has 0 saturated heterocycles. The fourth-order valence-corrected chi connectivity index (χ4v) is 4.42. The van der Waals surface area contributed by atoms with Crippen molar-refractivity contribution in [3.05, 3.63) is 64.3 Å². The number of esters is 1. The Morgan fingerprint density at radius 2 is 1.88 bits per heavy atom. The Labute approximate surface area is 181 Å². The number of nitrogens with one attached hydrogen (secondary N) is 1. The van der Waals surface area contributed by atoms with Crippen LogP contribution in [0.4, 0.5) is 10.1 Å². The lowest BCUT2D eigenvalue weighted by atomic mass is 10.2. The minimum absolute atomic E-state index is 0.0460. The van der Waals surface area contributed by atoms with Crippen LogP contribution >= 0.6 is 0 Å². The molecule has 4 rings (SSSR count). The normalized spacial score (nSPS) is 13.7. The molecule has 0 bridgehead atoms. The minimum atomic E-state index is -4.47. The summed E-state index contributed by atoms with van der Waals surface area (Å²) in [5.74, 6) is -3.18. The van der Waals surface area contributed by atoms with Crippen LogP contribution in [0.5, 0.6) is 11.8 Å². The first kappa shape index (κ1) is 21.4. The maximum absolute atomic E-state index is 14.2. The molecule has 0 amide bonds. The SMILES string of the molecule is COC(=O)c1ccc(F)c(S(=O)(=O)Nc2cccc(-n3c(O)c(O)n(C4CC4)c3=O)c2)c1. The van der Waals surface area contributed by atoms with E-state index in [-0.39, 0.29) is 23.0 Å². The van der Waals surface area contributed by atoms with Crippen LogP contribution in [0, 0.1) is 5.82 Å². The standard InChI is InChI=1S/C20H18FN3O7S/c1-31-19(27)11-5-8-15(21)16(9-11)32(29,30)22-12-3-2-4-14(10-12)24-18(26)17(25)23(20(24)28)13-6-7-13/h2-5,8-10,13,22,25-26H,6-7H2,1H3. The van der Waals surface area contributed by atoms with E-state index in [1.165, 1.54) is 24.3 Å². The number of carbonyl (C=O) groups is 1. The van der Waals surface area contributed by atoms with Crippen molar-refractivity contribution < 1.29 is 32.6 Å². The maximum Gasteiger partial charge on any atom is 0.338 e. The fraction of sp³-hybridized carbons (Fsp3) is 0.200. The number of nitrogens with zero attached hydrogens (tertiary/aromatic N) is 2. The van der Waals surface area contributed by atoms with Crippen LogP contribution in [0.1, 0.15) is 29.2 Å². The van der Waals surface area contributed by atoms with Crippen LogP contribution in [-0.4, -0.2) is 40.8 Å². The summed E-state index contributed by atoms with van der Waals surface area (Å²) in [5, 5.41) is 20.3. The molecule has 2 aromatic carbocycles. The second-order valence-corrected chi connectivity index (χ2v) is 8.81. The smallest absolute Gasteiger partial charge is 0.338 e. The van der Waals surface area contributed by atoms with Crippen LogP contribution in [0.15, 0.2) is 52.2 Å². The van der Waals surface area contributed by atoms with Crippen molar-refractivity contribution >= 4 is 21.7 Å². The van der Waals surface area contributed by atoms with E-state index in [1.54, 1.807) is 0 Å². The van der Waals surface area contributed by atoms with Gasteiger partial charge in [0, 0.05) is 6.04 Å². The zero-order valence-corrected chi connectivity index (χ0v) is 17.5. The van der Waals surface area contributed by atoms with Gasteiger partial charge in [-0.05, 0) is 49.2 Å². The predicted molar refractivity (Wildman–Crippen MR) is 110 cm³/mol. The number of aromatic hydroxyl groups is 2. The third kappa shape index (κ3) is 3.68. The highest BCUT2D eigenvalue weighted by Crippen LogP contribution is 2.40. The molecule has 32 heavy (non-hydrogen) atoms. The summed E-state index contributed by atoms with van der Waals surface area (Å²) in [4.78, 5) is 23.6. The van der Waals surface area contributed by atoms with Gasteiger partial charge >= 0.3 is 11.7 Å². The molecule has 0 spiro atoms. The van der Waals surface area contributed by atoms with Gasteiger partial charge in [0.15, 0.2) is 0 Å². The number of rotatable bonds is 6. The lowest BCUT2D eigenvalue weighted by Crippen LogP contribution is -2.22. The molecule has 0 unspecified atom stereocenters. The first-order valence-corrected chi connectivity index (χ1v) is 10.9. The van der Waals surface area contributed by atoms with Gasteiger partial charge in [-0.2, -0.15) is 0 Å². The molecule has 0 atom stereocenters. The van der Waals surface area contributed by atoms with Crippen LogP contribution < -0.4 is 10.4 Å². The van der Waals surface area contributed by atoms with E-state index < -0.39 is 44.2 Å². The third-order valence-electron chi connectivity index (χ3n) is 4.95. The van der Waals surface area contributed by atoms with Crippen molar-refractivity contribution in [3.63, 3.8) is 0 Å². The number of hydrogen-bond donors (Lipinski definition) is 3. The molecule has 1 aliphatic carbocycles. The largest absolute Gasteiger partial charge is 0.491 e. The van der Waals surface area contributed by atoms with E-state index in [4.69, 9.17) is 0 Å². The van der Waals surface area contributed by atoms with E-state index in [0.29, 0.717) is 12.8 Å². The van der Waals surface area contributed by atoms with E-state index in [0.717, 1.165) is 34.4 Å². The van der Waals surface area contributed by atoms with Gasteiger partial charge in [-0.15, -0.1) is 0 Å². The number of anilines is 1. The van der Waals surface area contributed by atoms with Gasteiger partial charge < -0.3 is 14.9 Å². The molecule has 0 radical (unpaired) electrons. The molecule has 1 fully saturated rings. The van der Waals surface area contributed by atoms with Crippen molar-refractivity contribution in [1.82, 2.24) is 9.13 Å². The first-order chi connectivity index (χ1) is 15.1. The molecule has 10 nitrogen and oxygen atoms in total. The number of methoxy groups -OCH3 is 1. The molecule has 1 aromatic heterocycles. The summed E-state index contributed by atoms with van der Waals surface area (Å²) in [5.41, 5.74) is -0.808. The number of imidazole rings is 1. The molecular weight excluding hydrogens is 445 g/mol. The monoisotopic (exact) mass is 463 g/mol. The Balaban J connectivity index is 1.71. The number of carbonyl (C=O) groups excluding carboxylic acids is 1. The number of halogens is 1. The molecule has 0 aliphatic heterocycles. The highest BCUT2D eigenvalue weighted by molar-refractivity contribution is 7.92. The molecule has 3 N–H and O–H groups in total. The summed E-state index contributed by atoms with van der Waals surface area (Å²) in [6, 6.07) is 7.98. The number of ether oxygens (including phenoxy) is 1. The summed E-state index contributed by atoms with van der Waals surface area (Å²) >= 11 is 0. The number of hydrogen-bond acceptors (Lipinski definition) is 7. The number of aromatic nitrogens is 2. The van der Waals surface area contributed by atoms with Gasteiger partial charge in [-0.1, -0.05) is 6.07 Å². The highest BCUT2D eigenvalue weighted by atomic mass is 32.2. The Kier molecular flexibility index (Phi) is 5.17. The van der Waals surface area contributed by atoms with E-state index >= 15 is 0 Å². The van der Waals surface area contributed by atoms with E-state index in [1.807, 2.05) is 0 Å². The lowest BCUT2D eigenvalue weighted by molar-refractivity contribution is 0.0600. The summed E-state index contributed by atoms with van der Waals surface area (Å²) in [6.45, 7) is 0. The lowest BCUT2D eigenvalue weighted by Gasteiger charge is -2.11. The Morgan fingerprint density at radius 1 is 1.16 bits per heavy atom. The average molecular weight is 463 g/mol. The van der Waals surface area contributed by atoms with Gasteiger partial charge in [-0.3, -0.25) is 9.29 Å². The average Bonchev–Trinajstić information content (AvgIpc) is 3.55. The molecular formula is C20H18FN3O7S. The first-order valence-electron chi connectivity index (χ1n) is 9.40. The Morgan fingerprint density at radius 3 is 2.53 bits per heavy atom. The molecule has 168 valence electrons. The number of sulfonamides is 1. The van der Waals surface area contributed by atoms with Crippen molar-refractivity contribution in [1.29, 1.82) is 0 Å². The van der Waals surface area contributed by atoms with Crippen LogP contribution in [0.3, 0.4) is 0 Å². The zero-order valence-electron chi connectivity index (χ0n) is 16.6. The van der Waals surface area contributed by atoms with Gasteiger partial charge in [-0.25, -0.2) is 27.0 Å². The zero-order chi connectivity index (χ0) is 23.2. The highest BCUT2D eigenvalue weighted by Gasteiger charge is 2.32. The Bertz CT molecular complexity index is 1390. The molecule has 3 aromatic rings. The third-order valence-corrected chi connectivity index (χ3v) is 6.34. The topological polar surface area (TPSA) is 140 Å². The van der Waals surface area contributed by atoms with Crippen LogP contribution in [0.2, 0.25) is 0 Å². The van der Waals surface area contributed by atoms with Crippen molar-refractivity contribution in [2.75, 3.05) is 11.8 Å². The van der Waals surface area contributed by atoms with Crippen LogP contribution in [-0.2, 0) is 14.8 Å². The van der Waals surface area contributed by atoms with Gasteiger partial charge in [0.1, 0.15) is 10.7 Å². The van der Waals surface area contributed by atoms with Crippen molar-refractivity contribution in [3.8, 4) is 17.4 Å². The Hall–Kier alpha value is -3.80. The van der Waals surface area contributed by atoms with Crippen LogP contribution in [0.25, 0.3) is 5.69 Å². The van der Waals surface area contributed by atoms with Crippen molar-refractivity contribution in [2.45, 2.75) is 23.8 Å². The molecule has 1 aliphatic rings. The maximum atomic E-state index is 14.2. The second-order valence-electron chi connectivity index (χ2n) is 7.16. The molecule has 1 heterocycles.